The molecular weight excluding hydrogens is 184 g/mol. The van der Waals surface area contributed by atoms with E-state index in [9.17, 15) is 9.90 Å². The maximum Gasteiger partial charge on any atom is 0.138 e. The third kappa shape index (κ3) is 2.39. The van der Waals surface area contributed by atoms with Crippen LogP contribution in [0.15, 0.2) is 17.5 Å². The minimum absolute atomic E-state index is 0.112. The Hall–Kier alpha value is -0.670. The number of hydrogen-bond donors (Lipinski definition) is 1. The van der Waals surface area contributed by atoms with E-state index in [1.807, 2.05) is 24.4 Å². The standard InChI is InChI=1S/C10H14O2S/c1-3-8(11)7(2)10(12)9-5-4-6-13-9/h4-7,10,12H,3H2,1-2H3. The molecule has 1 heterocycles. The van der Waals surface area contributed by atoms with Crippen molar-refractivity contribution in [3.05, 3.63) is 22.4 Å². The molecule has 13 heavy (non-hydrogen) atoms. The van der Waals surface area contributed by atoms with Crippen molar-refractivity contribution in [1.29, 1.82) is 0 Å². The van der Waals surface area contributed by atoms with Gasteiger partial charge in [0.25, 0.3) is 0 Å². The number of carbonyl (C=O) groups excluding carboxylic acids is 1. The molecule has 0 fully saturated rings. The Kier molecular flexibility index (Phi) is 3.63. The molecule has 0 saturated carbocycles. The van der Waals surface area contributed by atoms with E-state index >= 15 is 0 Å². The lowest BCUT2D eigenvalue weighted by Crippen LogP contribution is -2.17. The second-order valence-electron chi connectivity index (χ2n) is 3.07. The summed E-state index contributed by atoms with van der Waals surface area (Å²) in [4.78, 5) is 12.2. The number of hydrogen-bond acceptors (Lipinski definition) is 3. The average molecular weight is 198 g/mol. The van der Waals surface area contributed by atoms with Crippen molar-refractivity contribution in [3.8, 4) is 0 Å². The highest BCUT2D eigenvalue weighted by Crippen LogP contribution is 2.26. The molecule has 72 valence electrons. The zero-order valence-electron chi connectivity index (χ0n) is 7.86. The predicted octanol–water partition coefficient (Wildman–Crippen LogP) is 2.40. The summed E-state index contributed by atoms with van der Waals surface area (Å²) in [7, 11) is 0. The Bertz CT molecular complexity index is 266. The predicted molar refractivity (Wildman–Crippen MR) is 53.7 cm³/mol. The van der Waals surface area contributed by atoms with E-state index < -0.39 is 6.10 Å². The van der Waals surface area contributed by atoms with Crippen molar-refractivity contribution >= 4 is 17.1 Å². The molecule has 0 spiro atoms. The second kappa shape index (κ2) is 4.53. The molecular formula is C10H14O2S. The number of aliphatic hydroxyl groups excluding tert-OH is 1. The second-order valence-corrected chi connectivity index (χ2v) is 4.05. The minimum atomic E-state index is -0.632. The molecule has 2 nitrogen and oxygen atoms in total. The summed E-state index contributed by atoms with van der Waals surface area (Å²) in [6, 6.07) is 3.74. The lowest BCUT2D eigenvalue weighted by molar-refractivity contribution is -0.125. The number of ketones is 1. The molecule has 3 heteroatoms. The van der Waals surface area contributed by atoms with Gasteiger partial charge in [0.1, 0.15) is 5.78 Å². The molecule has 0 aliphatic heterocycles. The van der Waals surface area contributed by atoms with E-state index in [0.717, 1.165) is 4.88 Å². The smallest absolute Gasteiger partial charge is 0.138 e. The maximum atomic E-state index is 11.3. The Labute approximate surface area is 82.2 Å². The van der Waals surface area contributed by atoms with Crippen LogP contribution in [0.25, 0.3) is 0 Å². The molecule has 1 rings (SSSR count). The zero-order chi connectivity index (χ0) is 9.84. The van der Waals surface area contributed by atoms with E-state index in [2.05, 4.69) is 0 Å². The van der Waals surface area contributed by atoms with Crippen LogP contribution in [0.1, 0.15) is 31.2 Å². The van der Waals surface area contributed by atoms with Gasteiger partial charge in [-0.15, -0.1) is 11.3 Å². The Morgan fingerprint density at radius 1 is 1.69 bits per heavy atom. The van der Waals surface area contributed by atoms with Gasteiger partial charge in [-0.1, -0.05) is 19.9 Å². The molecule has 0 amide bonds. The molecule has 0 aromatic carbocycles. The van der Waals surface area contributed by atoms with Gasteiger partial charge >= 0.3 is 0 Å². The third-order valence-electron chi connectivity index (χ3n) is 2.16. The third-order valence-corrected chi connectivity index (χ3v) is 3.11. The molecule has 1 aromatic rings. The Morgan fingerprint density at radius 3 is 2.85 bits per heavy atom. The quantitative estimate of drug-likeness (QED) is 0.806. The molecule has 1 aromatic heterocycles. The van der Waals surface area contributed by atoms with Crippen molar-refractivity contribution in [2.45, 2.75) is 26.4 Å². The van der Waals surface area contributed by atoms with Gasteiger partial charge in [0.05, 0.1) is 6.10 Å². The fourth-order valence-corrected chi connectivity index (χ4v) is 2.02. The summed E-state index contributed by atoms with van der Waals surface area (Å²) in [5, 5.41) is 11.7. The molecule has 1 N–H and O–H groups in total. The van der Waals surface area contributed by atoms with E-state index in [4.69, 9.17) is 0 Å². The molecule has 0 aliphatic rings. The van der Waals surface area contributed by atoms with Crippen LogP contribution in [0, 0.1) is 5.92 Å². The van der Waals surface area contributed by atoms with Crippen molar-refractivity contribution in [1.82, 2.24) is 0 Å². The fourth-order valence-electron chi connectivity index (χ4n) is 1.20. The van der Waals surface area contributed by atoms with Crippen molar-refractivity contribution in [2.24, 2.45) is 5.92 Å². The lowest BCUT2D eigenvalue weighted by Gasteiger charge is -2.15. The van der Waals surface area contributed by atoms with Crippen LogP contribution >= 0.6 is 11.3 Å². The average Bonchev–Trinajstić information content (AvgIpc) is 2.67. The normalized spacial score (nSPS) is 15.3. The fraction of sp³-hybridized carbons (Fsp3) is 0.500. The van der Waals surface area contributed by atoms with E-state index in [1.165, 1.54) is 11.3 Å². The van der Waals surface area contributed by atoms with Gasteiger partial charge in [-0.2, -0.15) is 0 Å². The number of thiophene rings is 1. The molecule has 0 bridgehead atoms. The van der Waals surface area contributed by atoms with Crippen molar-refractivity contribution in [3.63, 3.8) is 0 Å². The van der Waals surface area contributed by atoms with Gasteiger partial charge in [-0.25, -0.2) is 0 Å². The number of Topliss-reactive ketones (excluding diaryl/α,β-unsaturated/α-hetero) is 1. The highest BCUT2D eigenvalue weighted by atomic mass is 32.1. The van der Waals surface area contributed by atoms with Crippen LogP contribution in [0.4, 0.5) is 0 Å². The highest BCUT2D eigenvalue weighted by molar-refractivity contribution is 7.10. The molecule has 2 atom stereocenters. The zero-order valence-corrected chi connectivity index (χ0v) is 8.67. The largest absolute Gasteiger partial charge is 0.387 e. The monoisotopic (exact) mass is 198 g/mol. The summed E-state index contributed by atoms with van der Waals surface area (Å²) in [5.41, 5.74) is 0. The first kappa shape index (κ1) is 10.4. The number of carbonyl (C=O) groups is 1. The van der Waals surface area contributed by atoms with Crippen LogP contribution in [0.3, 0.4) is 0 Å². The van der Waals surface area contributed by atoms with Gasteiger partial charge in [-0.05, 0) is 11.4 Å². The van der Waals surface area contributed by atoms with Crippen LogP contribution in [0.2, 0.25) is 0 Å². The minimum Gasteiger partial charge on any atom is -0.387 e. The lowest BCUT2D eigenvalue weighted by atomic mass is 9.97. The maximum absolute atomic E-state index is 11.3. The SMILES string of the molecule is CCC(=O)C(C)C(O)c1cccs1. The Morgan fingerprint density at radius 2 is 2.38 bits per heavy atom. The van der Waals surface area contributed by atoms with Gasteiger partial charge in [0.15, 0.2) is 0 Å². The van der Waals surface area contributed by atoms with Crippen molar-refractivity contribution in [2.75, 3.05) is 0 Å². The van der Waals surface area contributed by atoms with E-state index in [-0.39, 0.29) is 11.7 Å². The van der Waals surface area contributed by atoms with Crippen molar-refractivity contribution < 1.29 is 9.90 Å². The summed E-state index contributed by atoms with van der Waals surface area (Å²) < 4.78 is 0. The van der Waals surface area contributed by atoms with Gasteiger partial charge in [-0.3, -0.25) is 4.79 Å². The van der Waals surface area contributed by atoms with Crippen LogP contribution in [0.5, 0.6) is 0 Å². The number of aliphatic hydroxyl groups is 1. The van der Waals surface area contributed by atoms with E-state index in [1.54, 1.807) is 6.92 Å². The summed E-state index contributed by atoms with van der Waals surface area (Å²) in [5.74, 6) is -0.176. The topological polar surface area (TPSA) is 37.3 Å². The van der Waals surface area contributed by atoms with Crippen LogP contribution < -0.4 is 0 Å². The summed E-state index contributed by atoms with van der Waals surface area (Å²) >= 11 is 1.49. The summed E-state index contributed by atoms with van der Waals surface area (Å²) in [6.07, 6.45) is -0.142. The Balaban J connectivity index is 2.68. The van der Waals surface area contributed by atoms with Crippen LogP contribution in [-0.4, -0.2) is 10.9 Å². The molecule has 0 radical (unpaired) electrons. The number of rotatable bonds is 4. The van der Waals surface area contributed by atoms with Crippen LogP contribution in [-0.2, 0) is 4.79 Å². The molecule has 0 saturated heterocycles. The molecule has 0 aliphatic carbocycles. The molecule has 2 unspecified atom stereocenters. The van der Waals surface area contributed by atoms with Gasteiger partial charge in [0.2, 0.25) is 0 Å². The van der Waals surface area contributed by atoms with Gasteiger partial charge < -0.3 is 5.11 Å². The highest BCUT2D eigenvalue weighted by Gasteiger charge is 2.22. The van der Waals surface area contributed by atoms with E-state index in [0.29, 0.717) is 6.42 Å². The summed E-state index contributed by atoms with van der Waals surface area (Å²) in [6.45, 7) is 3.59. The first-order chi connectivity index (χ1) is 6.16. The first-order valence-corrected chi connectivity index (χ1v) is 5.29. The first-order valence-electron chi connectivity index (χ1n) is 4.41. The van der Waals surface area contributed by atoms with Gasteiger partial charge in [0, 0.05) is 17.2 Å².